The van der Waals surface area contributed by atoms with E-state index in [1.807, 2.05) is 31.2 Å². The van der Waals surface area contributed by atoms with Gasteiger partial charge in [0.25, 0.3) is 5.91 Å². The Morgan fingerprint density at radius 1 is 1.14 bits per heavy atom. The van der Waals surface area contributed by atoms with Crippen LogP contribution in [-0.4, -0.2) is 25.9 Å². The predicted molar refractivity (Wildman–Crippen MR) is 118 cm³/mol. The summed E-state index contributed by atoms with van der Waals surface area (Å²) in [6, 6.07) is 14.6. The van der Waals surface area contributed by atoms with Gasteiger partial charge in [-0.1, -0.05) is 48.0 Å². The highest BCUT2D eigenvalue weighted by Crippen LogP contribution is 2.24. The molecule has 3 aromatic rings. The van der Waals surface area contributed by atoms with Gasteiger partial charge < -0.3 is 5.32 Å². The molecule has 0 aliphatic heterocycles. The Morgan fingerprint density at radius 2 is 1.83 bits per heavy atom. The van der Waals surface area contributed by atoms with Crippen molar-refractivity contribution in [3.05, 3.63) is 83.4 Å². The van der Waals surface area contributed by atoms with Gasteiger partial charge in [-0.25, -0.2) is 18.1 Å². The molecule has 0 fully saturated rings. The Morgan fingerprint density at radius 3 is 2.48 bits per heavy atom. The summed E-state index contributed by atoms with van der Waals surface area (Å²) in [5, 5.41) is 5.28. The molecule has 1 amide bonds. The minimum Gasteiger partial charge on any atom is -0.321 e. The molecule has 0 aliphatic rings. The third kappa shape index (κ3) is 5.83. The largest absolute Gasteiger partial charge is 0.321 e. The lowest BCUT2D eigenvalue weighted by Crippen LogP contribution is -2.25. The number of nitrogens with one attached hydrogen (secondary N) is 2. The van der Waals surface area contributed by atoms with Gasteiger partial charge in [0, 0.05) is 23.2 Å². The number of thiazole rings is 1. The van der Waals surface area contributed by atoms with Gasteiger partial charge >= 0.3 is 0 Å². The van der Waals surface area contributed by atoms with Crippen molar-refractivity contribution in [2.24, 2.45) is 0 Å². The van der Waals surface area contributed by atoms with E-state index in [9.17, 15) is 13.2 Å². The second-order valence-corrected chi connectivity index (χ2v) is 9.12. The minimum absolute atomic E-state index is 0.138. The van der Waals surface area contributed by atoms with Crippen LogP contribution in [0.3, 0.4) is 0 Å². The first kappa shape index (κ1) is 20.9. The number of benzene rings is 2. The maximum Gasteiger partial charge on any atom is 0.275 e. The average Bonchev–Trinajstić information content (AvgIpc) is 3.19. The zero-order valence-corrected chi connectivity index (χ0v) is 17.5. The maximum atomic E-state index is 12.5. The molecule has 6 nitrogen and oxygen atoms in total. The van der Waals surface area contributed by atoms with Gasteiger partial charge in [-0.2, -0.15) is 0 Å². The highest BCUT2D eigenvalue weighted by molar-refractivity contribution is 7.88. The fourth-order valence-corrected chi connectivity index (χ4v) is 4.45. The van der Waals surface area contributed by atoms with Crippen LogP contribution in [0.25, 0.3) is 10.6 Å². The van der Waals surface area contributed by atoms with E-state index >= 15 is 0 Å². The van der Waals surface area contributed by atoms with E-state index in [4.69, 9.17) is 0 Å². The molecular formula is C21H21N3O3S2. The van der Waals surface area contributed by atoms with Crippen molar-refractivity contribution in [2.75, 3.05) is 11.9 Å². The van der Waals surface area contributed by atoms with Gasteiger partial charge in [0.05, 0.1) is 5.75 Å². The van der Waals surface area contributed by atoms with Gasteiger partial charge in [-0.15, -0.1) is 17.9 Å². The summed E-state index contributed by atoms with van der Waals surface area (Å²) in [5.74, 6) is -0.450. The van der Waals surface area contributed by atoms with Crippen molar-refractivity contribution >= 4 is 33.0 Å². The smallest absolute Gasteiger partial charge is 0.275 e. The van der Waals surface area contributed by atoms with E-state index in [0.29, 0.717) is 16.9 Å². The normalized spacial score (nSPS) is 11.2. The number of amides is 1. The summed E-state index contributed by atoms with van der Waals surface area (Å²) in [6.45, 7) is 5.69. The summed E-state index contributed by atoms with van der Waals surface area (Å²) < 4.78 is 26.2. The van der Waals surface area contributed by atoms with Crippen LogP contribution in [0.1, 0.15) is 21.6 Å². The lowest BCUT2D eigenvalue weighted by Gasteiger charge is -2.07. The number of rotatable bonds is 8. The van der Waals surface area contributed by atoms with Gasteiger partial charge in [-0.05, 0) is 24.6 Å². The Kier molecular flexibility index (Phi) is 6.58. The number of aryl methyl sites for hydroxylation is 1. The van der Waals surface area contributed by atoms with Crippen molar-refractivity contribution in [2.45, 2.75) is 12.7 Å². The molecule has 0 spiro atoms. The number of nitrogens with zero attached hydrogens (tertiary/aromatic N) is 1. The van der Waals surface area contributed by atoms with Gasteiger partial charge in [0.15, 0.2) is 0 Å². The van der Waals surface area contributed by atoms with Crippen LogP contribution in [0, 0.1) is 6.92 Å². The number of aromatic nitrogens is 1. The molecule has 1 heterocycles. The quantitative estimate of drug-likeness (QED) is 0.532. The molecule has 1 aromatic heterocycles. The second kappa shape index (κ2) is 9.13. The van der Waals surface area contributed by atoms with Gasteiger partial charge in [0.2, 0.25) is 10.0 Å². The van der Waals surface area contributed by atoms with Gasteiger partial charge in [-0.3, -0.25) is 4.79 Å². The third-order valence-corrected chi connectivity index (χ3v) is 6.26. The molecule has 29 heavy (non-hydrogen) atoms. The van der Waals surface area contributed by atoms with Crippen molar-refractivity contribution in [1.82, 2.24) is 9.71 Å². The highest BCUT2D eigenvalue weighted by atomic mass is 32.2. The zero-order chi connectivity index (χ0) is 20.9. The molecule has 0 aliphatic carbocycles. The highest BCUT2D eigenvalue weighted by Gasteiger charge is 2.13. The maximum absolute atomic E-state index is 12.5. The molecule has 0 saturated heterocycles. The Hall–Kier alpha value is -2.81. The van der Waals surface area contributed by atoms with Crippen molar-refractivity contribution in [3.63, 3.8) is 0 Å². The monoisotopic (exact) mass is 427 g/mol. The Labute approximate surface area is 174 Å². The lowest BCUT2D eigenvalue weighted by atomic mass is 10.2. The van der Waals surface area contributed by atoms with Gasteiger partial charge in [0.1, 0.15) is 10.7 Å². The van der Waals surface area contributed by atoms with E-state index in [1.54, 1.807) is 29.6 Å². The average molecular weight is 428 g/mol. The third-order valence-electron chi connectivity index (χ3n) is 4.05. The van der Waals surface area contributed by atoms with Crippen molar-refractivity contribution in [3.8, 4) is 10.6 Å². The molecule has 150 valence electrons. The standard InChI is InChI=1S/C21H21N3O3S2/c1-3-12-22-29(26,27)14-16-6-10-18(11-7-16)23-20(25)19-13-28-21(24-19)17-8-4-15(2)5-9-17/h3-11,13,22H,1,12,14H2,2H3,(H,23,25). The fraction of sp³-hybridized carbons (Fsp3) is 0.143. The number of hydrogen-bond acceptors (Lipinski definition) is 5. The van der Waals surface area contributed by atoms with Crippen molar-refractivity contribution in [1.29, 1.82) is 0 Å². The fourth-order valence-electron chi connectivity index (χ4n) is 2.54. The topological polar surface area (TPSA) is 88.2 Å². The first-order chi connectivity index (χ1) is 13.9. The molecule has 3 rings (SSSR count). The molecule has 0 bridgehead atoms. The van der Waals surface area contributed by atoms with E-state index in [0.717, 1.165) is 16.1 Å². The van der Waals surface area contributed by atoms with E-state index in [2.05, 4.69) is 21.6 Å². The number of anilines is 1. The van der Waals surface area contributed by atoms with Crippen molar-refractivity contribution < 1.29 is 13.2 Å². The minimum atomic E-state index is -3.42. The van der Waals surface area contributed by atoms with Crippen LogP contribution in [-0.2, 0) is 15.8 Å². The molecule has 0 saturated carbocycles. The van der Waals surface area contributed by atoms with Crippen LogP contribution < -0.4 is 10.0 Å². The molecule has 0 atom stereocenters. The predicted octanol–water partition coefficient (Wildman–Crippen LogP) is 3.98. The number of hydrogen-bond donors (Lipinski definition) is 2. The molecule has 0 unspecified atom stereocenters. The Bertz CT molecular complexity index is 1100. The summed E-state index contributed by atoms with van der Waals surface area (Å²) in [5.41, 5.74) is 3.66. The lowest BCUT2D eigenvalue weighted by molar-refractivity contribution is 0.102. The molecule has 0 radical (unpaired) electrons. The second-order valence-electron chi connectivity index (χ2n) is 6.45. The summed E-state index contributed by atoms with van der Waals surface area (Å²) in [4.78, 5) is 16.9. The molecule has 2 aromatic carbocycles. The summed E-state index contributed by atoms with van der Waals surface area (Å²) in [7, 11) is -3.42. The van der Waals surface area contributed by atoms with E-state index in [-0.39, 0.29) is 18.2 Å². The van der Waals surface area contributed by atoms with E-state index in [1.165, 1.54) is 17.4 Å². The summed E-state index contributed by atoms with van der Waals surface area (Å²) in [6.07, 6.45) is 1.49. The summed E-state index contributed by atoms with van der Waals surface area (Å²) >= 11 is 1.41. The zero-order valence-electron chi connectivity index (χ0n) is 15.9. The molecular weight excluding hydrogens is 406 g/mol. The van der Waals surface area contributed by atoms with Crippen LogP contribution in [0.15, 0.2) is 66.6 Å². The number of carbonyl (C=O) groups excluding carboxylic acids is 1. The Balaban J connectivity index is 1.64. The van der Waals surface area contributed by atoms with Crippen LogP contribution in [0.5, 0.6) is 0 Å². The van der Waals surface area contributed by atoms with Crippen LogP contribution in [0.4, 0.5) is 5.69 Å². The number of sulfonamides is 1. The first-order valence-electron chi connectivity index (χ1n) is 8.87. The molecule has 2 N–H and O–H groups in total. The van der Waals surface area contributed by atoms with Crippen LogP contribution in [0.2, 0.25) is 0 Å². The van der Waals surface area contributed by atoms with Crippen LogP contribution >= 0.6 is 11.3 Å². The molecule has 8 heteroatoms. The first-order valence-corrected chi connectivity index (χ1v) is 11.4. The SMILES string of the molecule is C=CCNS(=O)(=O)Cc1ccc(NC(=O)c2csc(-c3ccc(C)cc3)n2)cc1. The number of carbonyl (C=O) groups is 1. The van der Waals surface area contributed by atoms with E-state index < -0.39 is 10.0 Å².